The number of para-hydroxylation sites is 1. The van der Waals surface area contributed by atoms with Gasteiger partial charge in [0.15, 0.2) is 11.7 Å². The van der Waals surface area contributed by atoms with E-state index in [2.05, 4.69) is 5.32 Å². The second-order valence-corrected chi connectivity index (χ2v) is 4.87. The van der Waals surface area contributed by atoms with Gasteiger partial charge in [-0.15, -0.1) is 0 Å². The van der Waals surface area contributed by atoms with E-state index in [0.29, 0.717) is 12.1 Å². The first kappa shape index (κ1) is 15.5. The third-order valence-electron chi connectivity index (χ3n) is 3.26. The minimum Gasteiger partial charge on any atom is -0.325 e. The summed E-state index contributed by atoms with van der Waals surface area (Å²) in [7, 11) is 0. The quantitative estimate of drug-likeness (QED) is 0.832. The summed E-state index contributed by atoms with van der Waals surface area (Å²) in [5.41, 5.74) is 1.58. The number of aryl methyl sites for hydroxylation is 1. The molecule has 2 rings (SSSR count). The lowest BCUT2D eigenvalue weighted by Gasteiger charge is -2.09. The standard InChI is InChI=1S/C18H16N2O2/c19-13-16(18(22)20-15-9-5-2-6-10-15)17(21)12-11-14-7-3-1-4-8-14/h1-10,16H,11-12H2,(H,20,22). The molecule has 0 saturated heterocycles. The largest absolute Gasteiger partial charge is 0.325 e. The van der Waals surface area contributed by atoms with Gasteiger partial charge in [0.1, 0.15) is 0 Å². The monoisotopic (exact) mass is 292 g/mol. The highest BCUT2D eigenvalue weighted by Crippen LogP contribution is 2.11. The molecule has 1 unspecified atom stereocenters. The Morgan fingerprint density at radius 2 is 1.59 bits per heavy atom. The predicted octanol–water partition coefficient (Wildman–Crippen LogP) is 2.97. The van der Waals surface area contributed by atoms with Crippen LogP contribution in [0.5, 0.6) is 0 Å². The van der Waals surface area contributed by atoms with E-state index in [1.54, 1.807) is 30.3 Å². The van der Waals surface area contributed by atoms with E-state index in [-0.39, 0.29) is 12.2 Å². The molecule has 4 nitrogen and oxygen atoms in total. The van der Waals surface area contributed by atoms with Crippen molar-refractivity contribution in [3.8, 4) is 6.07 Å². The number of Topliss-reactive ketones (excluding diaryl/α,β-unsaturated/α-hetero) is 1. The van der Waals surface area contributed by atoms with Gasteiger partial charge in [0.05, 0.1) is 6.07 Å². The predicted molar refractivity (Wildman–Crippen MR) is 83.9 cm³/mol. The fourth-order valence-corrected chi connectivity index (χ4v) is 2.07. The summed E-state index contributed by atoms with van der Waals surface area (Å²) in [4.78, 5) is 24.1. The number of nitrogens with zero attached hydrogens (tertiary/aromatic N) is 1. The number of rotatable bonds is 6. The second kappa shape index (κ2) is 7.75. The highest BCUT2D eigenvalue weighted by atomic mass is 16.2. The fraction of sp³-hybridized carbons (Fsp3) is 0.167. The van der Waals surface area contributed by atoms with Gasteiger partial charge in [0.25, 0.3) is 0 Å². The van der Waals surface area contributed by atoms with Crippen LogP contribution >= 0.6 is 0 Å². The van der Waals surface area contributed by atoms with Gasteiger partial charge in [-0.05, 0) is 24.1 Å². The second-order valence-electron chi connectivity index (χ2n) is 4.87. The van der Waals surface area contributed by atoms with Crippen LogP contribution in [0.3, 0.4) is 0 Å². The minimum absolute atomic E-state index is 0.171. The van der Waals surface area contributed by atoms with E-state index in [4.69, 9.17) is 5.26 Å². The van der Waals surface area contributed by atoms with Crippen LogP contribution < -0.4 is 5.32 Å². The van der Waals surface area contributed by atoms with E-state index in [1.807, 2.05) is 36.4 Å². The van der Waals surface area contributed by atoms with Gasteiger partial charge in [-0.1, -0.05) is 48.5 Å². The molecule has 0 aliphatic carbocycles. The van der Waals surface area contributed by atoms with E-state index in [1.165, 1.54) is 0 Å². The molecule has 4 heteroatoms. The molecule has 0 aliphatic heterocycles. The highest BCUT2D eigenvalue weighted by molar-refractivity contribution is 6.09. The maximum absolute atomic E-state index is 12.1. The van der Waals surface area contributed by atoms with Gasteiger partial charge >= 0.3 is 0 Å². The zero-order valence-corrected chi connectivity index (χ0v) is 12.0. The van der Waals surface area contributed by atoms with Crippen LogP contribution in [0.15, 0.2) is 60.7 Å². The van der Waals surface area contributed by atoms with Crippen molar-refractivity contribution in [1.29, 1.82) is 5.26 Å². The minimum atomic E-state index is -1.27. The lowest BCUT2D eigenvalue weighted by molar-refractivity contribution is -0.128. The van der Waals surface area contributed by atoms with Crippen LogP contribution in [-0.2, 0) is 16.0 Å². The number of amides is 1. The van der Waals surface area contributed by atoms with Gasteiger partial charge in [-0.2, -0.15) is 5.26 Å². The van der Waals surface area contributed by atoms with Crippen LogP contribution in [-0.4, -0.2) is 11.7 Å². The van der Waals surface area contributed by atoms with E-state index >= 15 is 0 Å². The van der Waals surface area contributed by atoms with Crippen LogP contribution in [0, 0.1) is 17.2 Å². The Morgan fingerprint density at radius 1 is 1.00 bits per heavy atom. The topological polar surface area (TPSA) is 70.0 Å². The van der Waals surface area contributed by atoms with Crippen molar-refractivity contribution < 1.29 is 9.59 Å². The van der Waals surface area contributed by atoms with Crippen molar-refractivity contribution in [2.75, 3.05) is 5.32 Å². The number of anilines is 1. The first-order valence-corrected chi connectivity index (χ1v) is 7.03. The molecular weight excluding hydrogens is 276 g/mol. The molecule has 0 aromatic heterocycles. The van der Waals surface area contributed by atoms with Crippen molar-refractivity contribution in [2.24, 2.45) is 5.92 Å². The van der Waals surface area contributed by atoms with E-state index in [0.717, 1.165) is 5.56 Å². The number of carbonyl (C=O) groups is 2. The lowest BCUT2D eigenvalue weighted by atomic mass is 9.98. The highest BCUT2D eigenvalue weighted by Gasteiger charge is 2.25. The SMILES string of the molecule is N#CC(C(=O)CCc1ccccc1)C(=O)Nc1ccccc1. The molecule has 0 spiro atoms. The molecule has 110 valence electrons. The van der Waals surface area contributed by atoms with Crippen molar-refractivity contribution in [2.45, 2.75) is 12.8 Å². The number of hydrogen-bond donors (Lipinski definition) is 1. The molecule has 1 amide bonds. The zero-order chi connectivity index (χ0) is 15.8. The molecule has 0 radical (unpaired) electrons. The van der Waals surface area contributed by atoms with Crippen molar-refractivity contribution in [3.05, 3.63) is 66.2 Å². The Labute approximate surface area is 129 Å². The van der Waals surface area contributed by atoms with Crippen molar-refractivity contribution in [3.63, 3.8) is 0 Å². The Hall–Kier alpha value is -2.93. The summed E-state index contributed by atoms with van der Waals surface area (Å²) in [5, 5.41) is 11.7. The smallest absolute Gasteiger partial charge is 0.249 e. The van der Waals surface area contributed by atoms with Crippen molar-refractivity contribution >= 4 is 17.4 Å². The Bertz CT molecular complexity index is 675. The molecule has 0 bridgehead atoms. The summed E-state index contributed by atoms with van der Waals surface area (Å²) in [6.07, 6.45) is 0.695. The molecule has 22 heavy (non-hydrogen) atoms. The van der Waals surface area contributed by atoms with Gasteiger partial charge in [-0.3, -0.25) is 9.59 Å². The van der Waals surface area contributed by atoms with Gasteiger partial charge in [-0.25, -0.2) is 0 Å². The van der Waals surface area contributed by atoms with Gasteiger partial charge in [0, 0.05) is 12.1 Å². The van der Waals surface area contributed by atoms with Crippen molar-refractivity contribution in [1.82, 2.24) is 0 Å². The molecule has 0 aliphatic rings. The fourth-order valence-electron chi connectivity index (χ4n) is 2.07. The summed E-state index contributed by atoms with van der Waals surface area (Å²) in [5.74, 6) is -2.21. The third-order valence-corrected chi connectivity index (χ3v) is 3.26. The summed E-state index contributed by atoms with van der Waals surface area (Å²) < 4.78 is 0. The average Bonchev–Trinajstić information content (AvgIpc) is 2.55. The molecule has 1 N–H and O–H groups in total. The molecule has 1 atom stereocenters. The number of nitriles is 1. The summed E-state index contributed by atoms with van der Waals surface area (Å²) in [6.45, 7) is 0. The summed E-state index contributed by atoms with van der Waals surface area (Å²) >= 11 is 0. The third kappa shape index (κ3) is 4.29. The molecule has 0 saturated carbocycles. The molecule has 2 aromatic carbocycles. The number of ketones is 1. The first-order valence-electron chi connectivity index (χ1n) is 7.03. The van der Waals surface area contributed by atoms with Gasteiger partial charge in [0.2, 0.25) is 5.91 Å². The lowest BCUT2D eigenvalue weighted by Crippen LogP contribution is -2.28. The van der Waals surface area contributed by atoms with Crippen LogP contribution in [0.25, 0.3) is 0 Å². The molecule has 2 aromatic rings. The first-order chi connectivity index (χ1) is 10.7. The van der Waals surface area contributed by atoms with E-state index in [9.17, 15) is 9.59 Å². The number of nitrogens with one attached hydrogen (secondary N) is 1. The Balaban J connectivity index is 1.94. The molecule has 0 fully saturated rings. The molecular formula is C18H16N2O2. The number of carbonyl (C=O) groups excluding carboxylic acids is 2. The Morgan fingerprint density at radius 3 is 2.18 bits per heavy atom. The zero-order valence-electron chi connectivity index (χ0n) is 12.0. The van der Waals surface area contributed by atoms with Crippen LogP contribution in [0.4, 0.5) is 5.69 Å². The maximum Gasteiger partial charge on any atom is 0.249 e. The normalized spacial score (nSPS) is 11.2. The number of hydrogen-bond acceptors (Lipinski definition) is 3. The van der Waals surface area contributed by atoms with E-state index < -0.39 is 11.8 Å². The maximum atomic E-state index is 12.1. The van der Waals surface area contributed by atoms with Crippen LogP contribution in [0.1, 0.15) is 12.0 Å². The average molecular weight is 292 g/mol. The number of benzene rings is 2. The molecule has 0 heterocycles. The van der Waals surface area contributed by atoms with Gasteiger partial charge < -0.3 is 5.32 Å². The summed E-state index contributed by atoms with van der Waals surface area (Å²) in [6, 6.07) is 20.1. The van der Waals surface area contributed by atoms with Crippen LogP contribution in [0.2, 0.25) is 0 Å². The Kier molecular flexibility index (Phi) is 5.44.